The summed E-state index contributed by atoms with van der Waals surface area (Å²) >= 11 is 1.51. The van der Waals surface area contributed by atoms with Crippen LogP contribution < -0.4 is 0 Å². The molecular formula is C25H23N7OS. The Morgan fingerprint density at radius 1 is 0.971 bits per heavy atom. The largest absolute Gasteiger partial charge is 0.338 e. The Bertz CT molecular complexity index is 1430. The first-order valence-electron chi connectivity index (χ1n) is 11.4. The monoisotopic (exact) mass is 469 g/mol. The van der Waals surface area contributed by atoms with Crippen molar-refractivity contribution in [3.05, 3.63) is 83.9 Å². The first kappa shape index (κ1) is 20.7. The minimum Gasteiger partial charge on any atom is -0.338 e. The molecule has 1 aliphatic rings. The zero-order valence-corrected chi connectivity index (χ0v) is 19.3. The Kier molecular flexibility index (Phi) is 5.38. The molecule has 1 aromatic carbocycles. The molecular weight excluding hydrogens is 446 g/mol. The van der Waals surface area contributed by atoms with Crippen molar-refractivity contribution < 1.29 is 4.79 Å². The molecule has 0 aliphatic carbocycles. The van der Waals surface area contributed by atoms with Crippen LogP contribution >= 0.6 is 11.3 Å². The summed E-state index contributed by atoms with van der Waals surface area (Å²) < 4.78 is 4.04. The Morgan fingerprint density at radius 2 is 1.82 bits per heavy atom. The minimum absolute atomic E-state index is 0.100. The van der Waals surface area contributed by atoms with Crippen LogP contribution in [-0.2, 0) is 6.67 Å². The number of rotatable bonds is 5. The van der Waals surface area contributed by atoms with Gasteiger partial charge in [-0.15, -0.1) is 16.4 Å². The van der Waals surface area contributed by atoms with Gasteiger partial charge >= 0.3 is 0 Å². The number of para-hydroxylation sites is 1. The standard InChI is InChI=1S/C25H23N7OS/c33-25(23-9-8-22(34-23)20-6-3-4-12-26-20)30-14-10-18(11-15-30)24-27-13-16-31(24)17-32-21-7-2-1-5-19(21)28-29-32/h1-9,12-13,16,18H,10-11,14-15,17H2. The van der Waals surface area contributed by atoms with Crippen LogP contribution in [-0.4, -0.2) is 53.4 Å². The fraction of sp³-hybridized carbons (Fsp3) is 0.240. The number of fused-ring (bicyclic) bond motifs is 1. The highest BCUT2D eigenvalue weighted by atomic mass is 32.1. The van der Waals surface area contributed by atoms with E-state index in [0.717, 1.165) is 58.2 Å². The zero-order chi connectivity index (χ0) is 22.9. The van der Waals surface area contributed by atoms with Crippen LogP contribution in [0.2, 0.25) is 0 Å². The van der Waals surface area contributed by atoms with Gasteiger partial charge in [-0.25, -0.2) is 9.67 Å². The van der Waals surface area contributed by atoms with Crippen molar-refractivity contribution >= 4 is 28.3 Å². The molecule has 0 radical (unpaired) electrons. The molecule has 0 saturated carbocycles. The number of aromatic nitrogens is 6. The van der Waals surface area contributed by atoms with Gasteiger partial charge in [-0.1, -0.05) is 23.4 Å². The quantitative estimate of drug-likeness (QED) is 0.384. The average molecular weight is 470 g/mol. The highest BCUT2D eigenvalue weighted by molar-refractivity contribution is 7.17. The highest BCUT2D eigenvalue weighted by Crippen LogP contribution is 2.31. The summed E-state index contributed by atoms with van der Waals surface area (Å²) in [5.74, 6) is 1.45. The van der Waals surface area contributed by atoms with Crippen LogP contribution in [0.25, 0.3) is 21.6 Å². The van der Waals surface area contributed by atoms with E-state index >= 15 is 0 Å². The molecule has 5 aromatic rings. The molecule has 1 saturated heterocycles. The Balaban J connectivity index is 1.12. The van der Waals surface area contributed by atoms with Gasteiger partial charge in [0, 0.05) is 37.6 Å². The number of amides is 1. The highest BCUT2D eigenvalue weighted by Gasteiger charge is 2.28. The summed E-state index contributed by atoms with van der Waals surface area (Å²) in [6, 6.07) is 17.7. The lowest BCUT2D eigenvalue weighted by Crippen LogP contribution is -2.38. The van der Waals surface area contributed by atoms with Gasteiger partial charge in [-0.2, -0.15) is 0 Å². The summed E-state index contributed by atoms with van der Waals surface area (Å²) in [6.07, 6.45) is 7.39. The summed E-state index contributed by atoms with van der Waals surface area (Å²) in [5, 5.41) is 8.56. The molecule has 0 atom stereocenters. The topological polar surface area (TPSA) is 81.7 Å². The third kappa shape index (κ3) is 3.88. The van der Waals surface area contributed by atoms with Crippen LogP contribution in [0.4, 0.5) is 0 Å². The normalized spacial score (nSPS) is 14.6. The van der Waals surface area contributed by atoms with Gasteiger partial charge in [-0.05, 0) is 49.2 Å². The van der Waals surface area contributed by atoms with E-state index in [9.17, 15) is 4.79 Å². The van der Waals surface area contributed by atoms with Crippen LogP contribution in [0.5, 0.6) is 0 Å². The Hall–Kier alpha value is -3.85. The number of carbonyl (C=O) groups is 1. The molecule has 0 N–H and O–H groups in total. The van der Waals surface area contributed by atoms with Crippen LogP contribution in [0.1, 0.15) is 34.3 Å². The Morgan fingerprint density at radius 3 is 2.68 bits per heavy atom. The van der Waals surface area contributed by atoms with Crippen LogP contribution in [0.15, 0.2) is 73.2 Å². The van der Waals surface area contributed by atoms with Gasteiger partial charge in [0.2, 0.25) is 0 Å². The second-order valence-electron chi connectivity index (χ2n) is 8.42. The first-order chi connectivity index (χ1) is 16.8. The number of carbonyl (C=O) groups excluding carboxylic acids is 1. The number of imidazole rings is 1. The number of nitrogens with zero attached hydrogens (tertiary/aromatic N) is 7. The number of likely N-dealkylation sites (tertiary alicyclic amines) is 1. The van der Waals surface area contributed by atoms with E-state index in [1.807, 2.05) is 76.6 Å². The maximum Gasteiger partial charge on any atom is 0.263 e. The van der Waals surface area contributed by atoms with Gasteiger partial charge in [0.15, 0.2) is 0 Å². The number of hydrogen-bond donors (Lipinski definition) is 0. The van der Waals surface area contributed by atoms with Crippen molar-refractivity contribution in [1.29, 1.82) is 0 Å². The zero-order valence-electron chi connectivity index (χ0n) is 18.5. The maximum atomic E-state index is 13.1. The molecule has 8 nitrogen and oxygen atoms in total. The van der Waals surface area contributed by atoms with Crippen molar-refractivity contribution in [2.45, 2.75) is 25.4 Å². The van der Waals surface area contributed by atoms with E-state index in [1.54, 1.807) is 6.20 Å². The molecule has 1 amide bonds. The van der Waals surface area contributed by atoms with Crippen molar-refractivity contribution in [3.8, 4) is 10.6 Å². The predicted octanol–water partition coefficient (Wildman–Crippen LogP) is 4.28. The molecule has 170 valence electrons. The maximum absolute atomic E-state index is 13.1. The summed E-state index contributed by atoms with van der Waals surface area (Å²) in [6.45, 7) is 2.01. The molecule has 0 bridgehead atoms. The lowest BCUT2D eigenvalue weighted by molar-refractivity contribution is 0.0715. The van der Waals surface area contributed by atoms with Crippen molar-refractivity contribution in [3.63, 3.8) is 0 Å². The average Bonchev–Trinajstić information content (AvgIpc) is 3.65. The molecule has 0 spiro atoms. The van der Waals surface area contributed by atoms with Gasteiger partial charge in [0.25, 0.3) is 5.91 Å². The van der Waals surface area contributed by atoms with E-state index in [1.165, 1.54) is 11.3 Å². The SMILES string of the molecule is O=C(c1ccc(-c2ccccn2)s1)N1CCC(c2nccn2Cn2nnc3ccccc32)CC1. The van der Waals surface area contributed by atoms with E-state index in [-0.39, 0.29) is 5.91 Å². The predicted molar refractivity (Wildman–Crippen MR) is 131 cm³/mol. The summed E-state index contributed by atoms with van der Waals surface area (Å²) in [7, 11) is 0. The number of piperidine rings is 1. The number of benzene rings is 1. The molecule has 5 heterocycles. The second-order valence-corrected chi connectivity index (χ2v) is 9.50. The van der Waals surface area contributed by atoms with E-state index in [2.05, 4.69) is 24.8 Å². The number of hydrogen-bond acceptors (Lipinski definition) is 6. The fourth-order valence-electron chi connectivity index (χ4n) is 4.56. The van der Waals surface area contributed by atoms with E-state index in [0.29, 0.717) is 12.6 Å². The van der Waals surface area contributed by atoms with Crippen molar-refractivity contribution in [2.75, 3.05) is 13.1 Å². The third-order valence-electron chi connectivity index (χ3n) is 6.34. The lowest BCUT2D eigenvalue weighted by Gasteiger charge is -2.31. The smallest absolute Gasteiger partial charge is 0.263 e. The lowest BCUT2D eigenvalue weighted by atomic mass is 9.96. The molecule has 0 unspecified atom stereocenters. The molecule has 1 aliphatic heterocycles. The molecule has 4 aromatic heterocycles. The van der Waals surface area contributed by atoms with Gasteiger partial charge in [-0.3, -0.25) is 9.78 Å². The summed E-state index contributed by atoms with van der Waals surface area (Å²) in [4.78, 5) is 25.9. The van der Waals surface area contributed by atoms with Crippen molar-refractivity contribution in [1.82, 2.24) is 34.4 Å². The van der Waals surface area contributed by atoms with E-state index in [4.69, 9.17) is 0 Å². The molecule has 1 fully saturated rings. The third-order valence-corrected chi connectivity index (χ3v) is 7.43. The van der Waals surface area contributed by atoms with Crippen LogP contribution in [0.3, 0.4) is 0 Å². The molecule has 34 heavy (non-hydrogen) atoms. The molecule has 6 rings (SSSR count). The second kappa shape index (κ2) is 8.83. The number of pyridine rings is 1. The van der Waals surface area contributed by atoms with Gasteiger partial charge < -0.3 is 9.47 Å². The molecule has 9 heteroatoms. The minimum atomic E-state index is 0.100. The fourth-order valence-corrected chi connectivity index (χ4v) is 5.51. The van der Waals surface area contributed by atoms with Crippen LogP contribution in [0, 0.1) is 0 Å². The number of thiophene rings is 1. The van der Waals surface area contributed by atoms with E-state index < -0.39 is 0 Å². The van der Waals surface area contributed by atoms with Gasteiger partial charge in [0.05, 0.1) is 21.0 Å². The summed E-state index contributed by atoms with van der Waals surface area (Å²) in [5.41, 5.74) is 2.79. The van der Waals surface area contributed by atoms with Crippen molar-refractivity contribution in [2.24, 2.45) is 0 Å². The first-order valence-corrected chi connectivity index (χ1v) is 12.2. The van der Waals surface area contributed by atoms with Gasteiger partial charge in [0.1, 0.15) is 18.0 Å². The Labute approximate surface area is 200 Å².